The molecule has 14 heavy (non-hydrogen) atoms. The highest BCUT2D eigenvalue weighted by atomic mass is 32.1. The molecular formula is C12H19NS. The molecule has 1 N–H and O–H groups in total. The Labute approximate surface area is 90.9 Å². The third-order valence-electron chi connectivity index (χ3n) is 2.13. The minimum atomic E-state index is 0.563. The summed E-state index contributed by atoms with van der Waals surface area (Å²) < 4.78 is 0. The van der Waals surface area contributed by atoms with Crippen molar-refractivity contribution in [3.8, 4) is 0 Å². The molecule has 0 amide bonds. The lowest BCUT2D eigenvalue weighted by molar-refractivity contribution is 0.551. The van der Waals surface area contributed by atoms with Crippen molar-refractivity contribution in [2.45, 2.75) is 32.7 Å². The molecule has 0 bridgehead atoms. The third-order valence-corrected chi connectivity index (χ3v) is 3.03. The second kappa shape index (κ2) is 5.99. The molecule has 78 valence electrons. The van der Waals surface area contributed by atoms with Crippen LogP contribution in [0.25, 0.3) is 0 Å². The van der Waals surface area contributed by atoms with Crippen LogP contribution in [0.15, 0.2) is 29.7 Å². The van der Waals surface area contributed by atoms with Crippen LogP contribution in [0.3, 0.4) is 0 Å². The molecule has 1 nitrogen and oxygen atoms in total. The Hall–Kier alpha value is -0.600. The summed E-state index contributed by atoms with van der Waals surface area (Å²) in [6, 6.07) is 4.87. The Morgan fingerprint density at radius 3 is 3.00 bits per heavy atom. The van der Waals surface area contributed by atoms with Gasteiger partial charge in [-0.25, -0.2) is 0 Å². The first kappa shape index (κ1) is 11.5. The summed E-state index contributed by atoms with van der Waals surface area (Å²) in [6.45, 7) is 9.24. The van der Waals surface area contributed by atoms with Gasteiger partial charge in [0.2, 0.25) is 0 Å². The molecule has 1 atom stereocenters. The molecule has 2 heteroatoms. The van der Waals surface area contributed by atoms with Crippen molar-refractivity contribution in [3.63, 3.8) is 0 Å². The molecule has 0 aliphatic rings. The summed E-state index contributed by atoms with van der Waals surface area (Å²) in [7, 11) is 0. The van der Waals surface area contributed by atoms with E-state index < -0.39 is 0 Å². The Balaban J connectivity index is 2.16. The van der Waals surface area contributed by atoms with E-state index in [0.29, 0.717) is 6.04 Å². The molecule has 1 unspecified atom stereocenters. The van der Waals surface area contributed by atoms with E-state index in [-0.39, 0.29) is 0 Å². The average Bonchev–Trinajstić information content (AvgIpc) is 2.56. The van der Waals surface area contributed by atoms with Gasteiger partial charge in [0, 0.05) is 10.9 Å². The SMILES string of the molecule is C=C(C)CCNC(C)Cc1cccs1. The quantitative estimate of drug-likeness (QED) is 0.709. The molecule has 0 aromatic carbocycles. The molecule has 1 aromatic rings. The molecule has 0 saturated heterocycles. The fourth-order valence-electron chi connectivity index (χ4n) is 1.33. The minimum absolute atomic E-state index is 0.563. The van der Waals surface area contributed by atoms with Crippen LogP contribution in [-0.4, -0.2) is 12.6 Å². The highest BCUT2D eigenvalue weighted by Gasteiger charge is 2.02. The van der Waals surface area contributed by atoms with Crippen LogP contribution in [0.1, 0.15) is 25.1 Å². The zero-order valence-corrected chi connectivity index (χ0v) is 9.86. The van der Waals surface area contributed by atoms with E-state index in [1.54, 1.807) is 0 Å². The largest absolute Gasteiger partial charge is 0.314 e. The second-order valence-corrected chi connectivity index (χ2v) is 4.88. The van der Waals surface area contributed by atoms with Crippen molar-refractivity contribution in [1.82, 2.24) is 5.32 Å². The van der Waals surface area contributed by atoms with Gasteiger partial charge in [-0.2, -0.15) is 0 Å². The van der Waals surface area contributed by atoms with E-state index in [2.05, 4.69) is 43.3 Å². The summed E-state index contributed by atoms with van der Waals surface area (Å²) in [4.78, 5) is 1.46. The van der Waals surface area contributed by atoms with Gasteiger partial charge in [-0.1, -0.05) is 11.6 Å². The predicted octanol–water partition coefficient (Wildman–Crippen LogP) is 3.23. The van der Waals surface area contributed by atoms with Crippen LogP contribution in [0.5, 0.6) is 0 Å². The topological polar surface area (TPSA) is 12.0 Å². The Morgan fingerprint density at radius 1 is 1.64 bits per heavy atom. The standard InChI is InChI=1S/C12H19NS/c1-10(2)6-7-13-11(3)9-12-5-4-8-14-12/h4-5,8,11,13H,1,6-7,9H2,2-3H3. The van der Waals surface area contributed by atoms with E-state index in [0.717, 1.165) is 19.4 Å². The molecule has 1 aromatic heterocycles. The minimum Gasteiger partial charge on any atom is -0.314 e. The summed E-state index contributed by atoms with van der Waals surface area (Å²) in [5.41, 5.74) is 1.25. The van der Waals surface area contributed by atoms with Crippen LogP contribution in [-0.2, 0) is 6.42 Å². The first-order chi connectivity index (χ1) is 6.68. The molecule has 0 saturated carbocycles. The number of hydrogen-bond donors (Lipinski definition) is 1. The Bertz CT molecular complexity index is 264. The van der Waals surface area contributed by atoms with Crippen LogP contribution >= 0.6 is 11.3 Å². The van der Waals surface area contributed by atoms with Gasteiger partial charge in [0.15, 0.2) is 0 Å². The van der Waals surface area contributed by atoms with Crippen LogP contribution in [0.2, 0.25) is 0 Å². The molecule has 1 heterocycles. The lowest BCUT2D eigenvalue weighted by atomic mass is 10.2. The van der Waals surface area contributed by atoms with Gasteiger partial charge in [0.25, 0.3) is 0 Å². The number of hydrogen-bond acceptors (Lipinski definition) is 2. The predicted molar refractivity (Wildman–Crippen MR) is 64.9 cm³/mol. The number of thiophene rings is 1. The van der Waals surface area contributed by atoms with Crippen molar-refractivity contribution in [2.75, 3.05) is 6.54 Å². The summed E-state index contributed by atoms with van der Waals surface area (Å²) >= 11 is 1.83. The van der Waals surface area contributed by atoms with Gasteiger partial charge >= 0.3 is 0 Å². The number of nitrogens with one attached hydrogen (secondary N) is 1. The first-order valence-electron chi connectivity index (χ1n) is 5.08. The summed E-state index contributed by atoms with van der Waals surface area (Å²) in [5.74, 6) is 0. The van der Waals surface area contributed by atoms with E-state index in [1.807, 2.05) is 11.3 Å². The van der Waals surface area contributed by atoms with Crippen molar-refractivity contribution >= 4 is 11.3 Å². The maximum Gasteiger partial charge on any atom is 0.00871 e. The molecule has 0 aliphatic heterocycles. The second-order valence-electron chi connectivity index (χ2n) is 3.85. The van der Waals surface area contributed by atoms with Crippen LogP contribution in [0, 0.1) is 0 Å². The van der Waals surface area contributed by atoms with E-state index in [4.69, 9.17) is 0 Å². The van der Waals surface area contributed by atoms with Gasteiger partial charge in [-0.15, -0.1) is 17.9 Å². The summed E-state index contributed by atoms with van der Waals surface area (Å²) in [5, 5.41) is 5.63. The smallest absolute Gasteiger partial charge is 0.00871 e. The van der Waals surface area contributed by atoms with Crippen molar-refractivity contribution < 1.29 is 0 Å². The zero-order valence-electron chi connectivity index (χ0n) is 9.05. The average molecular weight is 209 g/mol. The fraction of sp³-hybridized carbons (Fsp3) is 0.500. The molecule has 0 fully saturated rings. The third kappa shape index (κ3) is 4.58. The van der Waals surface area contributed by atoms with E-state index in [9.17, 15) is 0 Å². The molecule has 0 spiro atoms. The summed E-state index contributed by atoms with van der Waals surface area (Å²) in [6.07, 6.45) is 2.21. The zero-order chi connectivity index (χ0) is 10.4. The van der Waals surface area contributed by atoms with E-state index in [1.165, 1.54) is 10.5 Å². The molecule has 0 aliphatic carbocycles. The van der Waals surface area contributed by atoms with Crippen molar-refractivity contribution in [3.05, 3.63) is 34.5 Å². The maximum absolute atomic E-state index is 3.89. The van der Waals surface area contributed by atoms with Crippen molar-refractivity contribution in [2.24, 2.45) is 0 Å². The number of rotatable bonds is 6. The fourth-order valence-corrected chi connectivity index (χ4v) is 2.17. The monoisotopic (exact) mass is 209 g/mol. The molecular weight excluding hydrogens is 190 g/mol. The normalized spacial score (nSPS) is 12.7. The highest BCUT2D eigenvalue weighted by Crippen LogP contribution is 2.10. The van der Waals surface area contributed by atoms with Crippen LogP contribution in [0.4, 0.5) is 0 Å². The lowest BCUT2D eigenvalue weighted by Crippen LogP contribution is -2.28. The van der Waals surface area contributed by atoms with Gasteiger partial charge in [-0.05, 0) is 44.7 Å². The highest BCUT2D eigenvalue weighted by molar-refractivity contribution is 7.09. The Morgan fingerprint density at radius 2 is 2.43 bits per heavy atom. The van der Waals surface area contributed by atoms with Gasteiger partial charge in [-0.3, -0.25) is 0 Å². The van der Waals surface area contributed by atoms with Gasteiger partial charge in [0.05, 0.1) is 0 Å². The van der Waals surface area contributed by atoms with Gasteiger partial charge < -0.3 is 5.32 Å². The molecule has 1 rings (SSSR count). The van der Waals surface area contributed by atoms with Crippen molar-refractivity contribution in [1.29, 1.82) is 0 Å². The first-order valence-corrected chi connectivity index (χ1v) is 5.96. The van der Waals surface area contributed by atoms with Gasteiger partial charge in [0.1, 0.15) is 0 Å². The van der Waals surface area contributed by atoms with E-state index >= 15 is 0 Å². The lowest BCUT2D eigenvalue weighted by Gasteiger charge is -2.12. The molecule has 0 radical (unpaired) electrons. The Kier molecular flexibility index (Phi) is 4.91. The van der Waals surface area contributed by atoms with Crippen LogP contribution < -0.4 is 5.32 Å². The maximum atomic E-state index is 3.89.